The highest BCUT2D eigenvalue weighted by atomic mass is 32.1. The molecule has 0 radical (unpaired) electrons. The molecule has 0 aliphatic heterocycles. The molecule has 7 nitrogen and oxygen atoms in total. The number of nitrogens with zero attached hydrogens (tertiary/aromatic N) is 3. The van der Waals surface area contributed by atoms with Crippen LogP contribution in [-0.4, -0.2) is 30.0 Å². The van der Waals surface area contributed by atoms with E-state index in [9.17, 15) is 14.8 Å². The van der Waals surface area contributed by atoms with E-state index in [-0.39, 0.29) is 12.2 Å². The van der Waals surface area contributed by atoms with Crippen LogP contribution in [0.25, 0.3) is 11.3 Å². The molecule has 0 N–H and O–H groups in total. The monoisotopic (exact) mass is 395 g/mol. The topological polar surface area (TPSA) is 86.4 Å². The van der Waals surface area contributed by atoms with Crippen molar-refractivity contribution in [3.63, 3.8) is 0 Å². The standard InChI is InChI=1S/C20H17N3O4S/c1-2-11-22(20-21-16(14-28-20)15-8-4-3-5-9-15)18(24)13-27-19(25)17-10-6-7-12-23(17)26/h2-10,12,14H,1,11,13H2. The SMILES string of the molecule is C=CCN(C(=O)COC(=O)c1cccc[n+]1[O-])c1nc(-c2ccccc2)cs1. The van der Waals surface area contributed by atoms with Crippen molar-refractivity contribution >= 4 is 28.3 Å². The van der Waals surface area contributed by atoms with Gasteiger partial charge in [0.05, 0.1) is 5.69 Å². The quantitative estimate of drug-likeness (QED) is 0.266. The van der Waals surface area contributed by atoms with Gasteiger partial charge in [0.25, 0.3) is 5.91 Å². The molecule has 0 spiro atoms. The lowest BCUT2D eigenvalue weighted by atomic mass is 10.2. The van der Waals surface area contributed by atoms with Gasteiger partial charge in [0.2, 0.25) is 0 Å². The molecule has 0 saturated heterocycles. The van der Waals surface area contributed by atoms with Crippen molar-refractivity contribution in [1.29, 1.82) is 0 Å². The van der Waals surface area contributed by atoms with Crippen LogP contribution in [0.4, 0.5) is 5.13 Å². The predicted molar refractivity (Wildman–Crippen MR) is 106 cm³/mol. The second kappa shape index (κ2) is 8.92. The van der Waals surface area contributed by atoms with Crippen molar-refractivity contribution in [3.05, 3.63) is 83.7 Å². The number of carbonyl (C=O) groups excluding carboxylic acids is 2. The molecule has 8 heteroatoms. The molecule has 0 atom stereocenters. The van der Waals surface area contributed by atoms with Crippen LogP contribution in [0.5, 0.6) is 0 Å². The first kappa shape index (κ1) is 19.2. The molecule has 0 aliphatic carbocycles. The van der Waals surface area contributed by atoms with E-state index in [1.807, 2.05) is 35.7 Å². The van der Waals surface area contributed by atoms with Gasteiger partial charge in [-0.2, -0.15) is 4.73 Å². The number of amides is 1. The first-order valence-electron chi connectivity index (χ1n) is 8.37. The van der Waals surface area contributed by atoms with Crippen LogP contribution in [0.15, 0.2) is 72.8 Å². The van der Waals surface area contributed by atoms with Gasteiger partial charge in [-0.1, -0.05) is 36.4 Å². The smallest absolute Gasteiger partial charge is 0.405 e. The van der Waals surface area contributed by atoms with Gasteiger partial charge < -0.3 is 9.94 Å². The number of carbonyl (C=O) groups is 2. The Kier molecular flexibility index (Phi) is 6.13. The normalized spacial score (nSPS) is 10.3. The molecule has 0 bridgehead atoms. The van der Waals surface area contributed by atoms with Crippen LogP contribution in [-0.2, 0) is 9.53 Å². The largest absolute Gasteiger partial charge is 0.618 e. The highest BCUT2D eigenvalue weighted by Gasteiger charge is 2.23. The Morgan fingerprint density at radius 3 is 2.68 bits per heavy atom. The lowest BCUT2D eigenvalue weighted by Crippen LogP contribution is -2.38. The van der Waals surface area contributed by atoms with Gasteiger partial charge >= 0.3 is 11.7 Å². The molecule has 28 heavy (non-hydrogen) atoms. The number of rotatable bonds is 7. The van der Waals surface area contributed by atoms with E-state index in [4.69, 9.17) is 4.74 Å². The Hall–Kier alpha value is -3.52. The van der Waals surface area contributed by atoms with E-state index in [2.05, 4.69) is 11.6 Å². The summed E-state index contributed by atoms with van der Waals surface area (Å²) in [6, 6.07) is 14.0. The Bertz CT molecular complexity index is 988. The number of anilines is 1. The van der Waals surface area contributed by atoms with Gasteiger partial charge in [0.1, 0.15) is 0 Å². The molecule has 0 fully saturated rings. The van der Waals surface area contributed by atoms with E-state index in [0.717, 1.165) is 11.3 Å². The molecule has 0 aliphatic rings. The number of hydrogen-bond donors (Lipinski definition) is 0. The lowest BCUT2D eigenvalue weighted by Gasteiger charge is -2.17. The summed E-state index contributed by atoms with van der Waals surface area (Å²) >= 11 is 1.31. The highest BCUT2D eigenvalue weighted by molar-refractivity contribution is 7.14. The summed E-state index contributed by atoms with van der Waals surface area (Å²) < 4.78 is 5.39. The summed E-state index contributed by atoms with van der Waals surface area (Å²) in [5, 5.41) is 13.9. The Morgan fingerprint density at radius 1 is 1.21 bits per heavy atom. The molecule has 0 unspecified atom stereocenters. The van der Waals surface area contributed by atoms with Gasteiger partial charge in [-0.3, -0.25) is 9.69 Å². The lowest BCUT2D eigenvalue weighted by molar-refractivity contribution is -0.608. The third-order valence-electron chi connectivity index (χ3n) is 3.77. The number of esters is 1. The Labute approximate surface area is 165 Å². The first-order chi connectivity index (χ1) is 13.6. The molecule has 2 heterocycles. The number of aromatic nitrogens is 2. The van der Waals surface area contributed by atoms with Crippen LogP contribution in [0.2, 0.25) is 0 Å². The molecule has 1 aromatic carbocycles. The third-order valence-corrected chi connectivity index (χ3v) is 4.63. The second-order valence-corrected chi connectivity index (χ2v) is 6.50. The number of hydrogen-bond acceptors (Lipinski definition) is 6. The van der Waals surface area contributed by atoms with E-state index in [1.54, 1.807) is 6.08 Å². The molecule has 2 aromatic heterocycles. The van der Waals surface area contributed by atoms with Gasteiger partial charge in [-0.15, -0.1) is 17.9 Å². The second-order valence-electron chi connectivity index (χ2n) is 5.66. The fraction of sp³-hybridized carbons (Fsp3) is 0.100. The molecular formula is C20H17N3O4S. The zero-order valence-electron chi connectivity index (χ0n) is 14.9. The van der Waals surface area contributed by atoms with E-state index >= 15 is 0 Å². The van der Waals surface area contributed by atoms with Gasteiger partial charge in [-0.05, 0) is 6.07 Å². The average Bonchev–Trinajstić information content (AvgIpc) is 3.21. The maximum Gasteiger partial charge on any atom is 0.405 e. The van der Waals surface area contributed by atoms with Crippen LogP contribution in [0, 0.1) is 5.21 Å². The molecule has 1 amide bonds. The van der Waals surface area contributed by atoms with Crippen LogP contribution in [0.3, 0.4) is 0 Å². The average molecular weight is 395 g/mol. The number of ether oxygens (including phenoxy) is 1. The van der Waals surface area contributed by atoms with Crippen molar-refractivity contribution < 1.29 is 19.1 Å². The predicted octanol–water partition coefficient (Wildman–Crippen LogP) is 2.82. The summed E-state index contributed by atoms with van der Waals surface area (Å²) in [6.07, 6.45) is 2.75. The highest BCUT2D eigenvalue weighted by Crippen LogP contribution is 2.27. The van der Waals surface area contributed by atoms with Crippen molar-refractivity contribution in [2.75, 3.05) is 18.1 Å². The summed E-state index contributed by atoms with van der Waals surface area (Å²) in [5.41, 5.74) is 1.49. The van der Waals surface area contributed by atoms with Gasteiger partial charge in [0, 0.05) is 29.6 Å². The number of benzene rings is 1. The Morgan fingerprint density at radius 2 is 1.96 bits per heavy atom. The summed E-state index contributed by atoms with van der Waals surface area (Å²) in [7, 11) is 0. The summed E-state index contributed by atoms with van der Waals surface area (Å²) in [6.45, 7) is 3.36. The van der Waals surface area contributed by atoms with Crippen molar-refractivity contribution in [2.24, 2.45) is 0 Å². The molecular weight excluding hydrogens is 378 g/mol. The zero-order chi connectivity index (χ0) is 19.9. The fourth-order valence-electron chi connectivity index (χ4n) is 2.41. The Balaban J connectivity index is 1.71. The van der Waals surface area contributed by atoms with Crippen molar-refractivity contribution in [1.82, 2.24) is 4.98 Å². The van der Waals surface area contributed by atoms with Crippen LogP contribution >= 0.6 is 11.3 Å². The molecule has 3 rings (SSSR count). The van der Waals surface area contributed by atoms with Crippen LogP contribution in [0.1, 0.15) is 10.5 Å². The van der Waals surface area contributed by atoms with Crippen molar-refractivity contribution in [3.8, 4) is 11.3 Å². The summed E-state index contributed by atoms with van der Waals surface area (Å²) in [5.74, 6) is -1.33. The first-order valence-corrected chi connectivity index (χ1v) is 9.25. The minimum absolute atomic E-state index is 0.189. The van der Waals surface area contributed by atoms with Crippen molar-refractivity contribution in [2.45, 2.75) is 0 Å². The van der Waals surface area contributed by atoms with Gasteiger partial charge in [0.15, 0.2) is 17.9 Å². The maximum absolute atomic E-state index is 12.6. The van der Waals surface area contributed by atoms with Gasteiger partial charge in [-0.25, -0.2) is 9.78 Å². The molecule has 3 aromatic rings. The van der Waals surface area contributed by atoms with E-state index in [0.29, 0.717) is 9.86 Å². The van der Waals surface area contributed by atoms with E-state index in [1.165, 1.54) is 40.6 Å². The maximum atomic E-state index is 12.6. The zero-order valence-corrected chi connectivity index (χ0v) is 15.7. The third kappa shape index (κ3) is 4.41. The fourth-order valence-corrected chi connectivity index (χ4v) is 3.27. The molecule has 142 valence electrons. The minimum atomic E-state index is -0.869. The number of pyridine rings is 1. The van der Waals surface area contributed by atoms with Crippen LogP contribution < -0.4 is 9.63 Å². The minimum Gasteiger partial charge on any atom is -0.618 e. The molecule has 0 saturated carbocycles. The summed E-state index contributed by atoms with van der Waals surface area (Å²) in [4.78, 5) is 30.5. The van der Waals surface area contributed by atoms with E-state index < -0.39 is 18.5 Å². The number of thiazole rings is 1.